The SMILES string of the molecule is O=C(CN(Cc1cccc(O)c1)C1CC1)Nc1ccccc1[N+](=O)[O-]. The number of benzene rings is 2. The number of nitrogens with one attached hydrogen (secondary N) is 1. The van der Waals surface area contributed by atoms with E-state index in [4.69, 9.17) is 0 Å². The van der Waals surface area contributed by atoms with Crippen molar-refractivity contribution in [3.05, 3.63) is 64.2 Å². The van der Waals surface area contributed by atoms with E-state index in [1.807, 2.05) is 11.0 Å². The van der Waals surface area contributed by atoms with Crippen LogP contribution in [0.25, 0.3) is 0 Å². The van der Waals surface area contributed by atoms with E-state index in [-0.39, 0.29) is 29.6 Å². The van der Waals surface area contributed by atoms with Crippen molar-refractivity contribution in [2.75, 3.05) is 11.9 Å². The highest BCUT2D eigenvalue weighted by atomic mass is 16.6. The molecule has 130 valence electrons. The van der Waals surface area contributed by atoms with Crippen molar-refractivity contribution < 1.29 is 14.8 Å². The Morgan fingerprint density at radius 1 is 1.24 bits per heavy atom. The Bertz CT molecular complexity index is 789. The largest absolute Gasteiger partial charge is 0.508 e. The van der Waals surface area contributed by atoms with E-state index in [9.17, 15) is 20.0 Å². The maximum atomic E-state index is 12.4. The van der Waals surface area contributed by atoms with Crippen molar-refractivity contribution in [2.45, 2.75) is 25.4 Å². The molecular formula is C18H19N3O4. The number of nitro benzene ring substituents is 1. The van der Waals surface area contributed by atoms with Gasteiger partial charge in [0.1, 0.15) is 11.4 Å². The number of nitro groups is 1. The van der Waals surface area contributed by atoms with Gasteiger partial charge in [0.15, 0.2) is 0 Å². The predicted octanol–water partition coefficient (Wildman–Crippen LogP) is 2.90. The van der Waals surface area contributed by atoms with Crippen LogP contribution < -0.4 is 5.32 Å². The maximum absolute atomic E-state index is 12.4. The highest BCUT2D eigenvalue weighted by molar-refractivity contribution is 5.94. The number of aromatic hydroxyl groups is 1. The maximum Gasteiger partial charge on any atom is 0.292 e. The van der Waals surface area contributed by atoms with Crippen LogP contribution in [0.3, 0.4) is 0 Å². The Labute approximate surface area is 145 Å². The smallest absolute Gasteiger partial charge is 0.292 e. The van der Waals surface area contributed by atoms with Crippen LogP contribution in [0.4, 0.5) is 11.4 Å². The normalized spacial score (nSPS) is 13.6. The van der Waals surface area contributed by atoms with Crippen LogP contribution in [0.5, 0.6) is 5.75 Å². The molecule has 2 aromatic rings. The van der Waals surface area contributed by atoms with Gasteiger partial charge >= 0.3 is 0 Å². The Kier molecular flexibility index (Phi) is 4.95. The summed E-state index contributed by atoms with van der Waals surface area (Å²) in [6, 6.07) is 13.4. The zero-order valence-electron chi connectivity index (χ0n) is 13.6. The van der Waals surface area contributed by atoms with E-state index in [1.165, 1.54) is 12.1 Å². The van der Waals surface area contributed by atoms with Gasteiger partial charge in [-0.15, -0.1) is 0 Å². The number of phenols is 1. The molecule has 25 heavy (non-hydrogen) atoms. The molecule has 1 aliphatic rings. The third-order valence-electron chi connectivity index (χ3n) is 4.08. The first kappa shape index (κ1) is 16.9. The summed E-state index contributed by atoms with van der Waals surface area (Å²) in [4.78, 5) is 24.9. The van der Waals surface area contributed by atoms with Gasteiger partial charge in [0.05, 0.1) is 11.5 Å². The summed E-state index contributed by atoms with van der Waals surface area (Å²) < 4.78 is 0. The van der Waals surface area contributed by atoms with E-state index in [2.05, 4.69) is 5.32 Å². The molecule has 0 unspecified atom stereocenters. The minimum Gasteiger partial charge on any atom is -0.508 e. The van der Waals surface area contributed by atoms with Crippen molar-refractivity contribution in [2.24, 2.45) is 0 Å². The molecule has 1 aliphatic carbocycles. The molecule has 0 bridgehead atoms. The van der Waals surface area contributed by atoms with Crippen LogP contribution in [-0.2, 0) is 11.3 Å². The van der Waals surface area contributed by atoms with Gasteiger partial charge in [0.2, 0.25) is 5.91 Å². The second kappa shape index (κ2) is 7.31. The van der Waals surface area contributed by atoms with Gasteiger partial charge in [-0.25, -0.2) is 0 Å². The molecule has 1 fully saturated rings. The zero-order chi connectivity index (χ0) is 17.8. The molecule has 0 aromatic heterocycles. The Morgan fingerprint density at radius 2 is 2.00 bits per heavy atom. The lowest BCUT2D eigenvalue weighted by Gasteiger charge is -2.21. The Hall–Kier alpha value is -2.93. The number of nitrogens with zero attached hydrogens (tertiary/aromatic N) is 2. The van der Waals surface area contributed by atoms with Gasteiger partial charge in [-0.3, -0.25) is 19.8 Å². The lowest BCUT2D eigenvalue weighted by atomic mass is 10.2. The van der Waals surface area contributed by atoms with Crippen LogP contribution in [0.1, 0.15) is 18.4 Å². The molecule has 7 heteroatoms. The van der Waals surface area contributed by atoms with Crippen LogP contribution in [0.2, 0.25) is 0 Å². The Balaban J connectivity index is 1.67. The monoisotopic (exact) mass is 341 g/mol. The number of amides is 1. The summed E-state index contributed by atoms with van der Waals surface area (Å²) in [6.45, 7) is 0.690. The van der Waals surface area contributed by atoms with Crippen molar-refractivity contribution in [3.8, 4) is 5.75 Å². The molecular weight excluding hydrogens is 322 g/mol. The first-order valence-corrected chi connectivity index (χ1v) is 8.08. The average molecular weight is 341 g/mol. The molecule has 2 aromatic carbocycles. The summed E-state index contributed by atoms with van der Waals surface area (Å²) in [6.07, 6.45) is 2.05. The predicted molar refractivity (Wildman–Crippen MR) is 93.3 cm³/mol. The fraction of sp³-hybridized carbons (Fsp3) is 0.278. The molecule has 2 N–H and O–H groups in total. The van der Waals surface area contributed by atoms with E-state index >= 15 is 0 Å². The van der Waals surface area contributed by atoms with Crippen LogP contribution in [-0.4, -0.2) is 33.4 Å². The summed E-state index contributed by atoms with van der Waals surface area (Å²) >= 11 is 0. The number of hydrogen-bond acceptors (Lipinski definition) is 5. The fourth-order valence-corrected chi connectivity index (χ4v) is 2.76. The first-order valence-electron chi connectivity index (χ1n) is 8.08. The van der Waals surface area contributed by atoms with Crippen molar-refractivity contribution in [1.29, 1.82) is 0 Å². The number of anilines is 1. The van der Waals surface area contributed by atoms with E-state index < -0.39 is 4.92 Å². The van der Waals surface area contributed by atoms with Crippen molar-refractivity contribution in [3.63, 3.8) is 0 Å². The number of carbonyl (C=O) groups excluding carboxylic acids is 1. The molecule has 1 amide bonds. The summed E-state index contributed by atoms with van der Waals surface area (Å²) in [7, 11) is 0. The second-order valence-corrected chi connectivity index (χ2v) is 6.13. The number of hydrogen-bond donors (Lipinski definition) is 2. The third-order valence-corrected chi connectivity index (χ3v) is 4.08. The van der Waals surface area contributed by atoms with Crippen LogP contribution in [0, 0.1) is 10.1 Å². The zero-order valence-corrected chi connectivity index (χ0v) is 13.6. The summed E-state index contributed by atoms with van der Waals surface area (Å²) in [5.74, 6) is -0.0982. The lowest BCUT2D eigenvalue weighted by Crippen LogP contribution is -2.34. The molecule has 3 rings (SSSR count). The van der Waals surface area contributed by atoms with Gasteiger partial charge in [0, 0.05) is 18.7 Å². The Morgan fingerprint density at radius 3 is 2.68 bits per heavy atom. The third kappa shape index (κ3) is 4.54. The lowest BCUT2D eigenvalue weighted by molar-refractivity contribution is -0.383. The number of rotatable bonds is 7. The highest BCUT2D eigenvalue weighted by Crippen LogP contribution is 2.29. The van der Waals surface area contributed by atoms with Crippen molar-refractivity contribution >= 4 is 17.3 Å². The summed E-state index contributed by atoms with van der Waals surface area (Å²) in [5.41, 5.74) is 0.998. The molecule has 0 radical (unpaired) electrons. The minimum absolute atomic E-state index is 0.123. The molecule has 0 spiro atoms. The van der Waals surface area contributed by atoms with Gasteiger partial charge in [-0.2, -0.15) is 0 Å². The standard InChI is InChI=1S/C18H19N3O4/c22-15-5-3-4-13(10-15)11-20(14-8-9-14)12-18(23)19-16-6-1-2-7-17(16)21(24)25/h1-7,10,14,22H,8-9,11-12H2,(H,19,23). The van der Waals surface area contributed by atoms with E-state index in [0.29, 0.717) is 12.6 Å². The van der Waals surface area contributed by atoms with E-state index in [0.717, 1.165) is 18.4 Å². The topological polar surface area (TPSA) is 95.7 Å². The van der Waals surface area contributed by atoms with Gasteiger partial charge in [0.25, 0.3) is 5.69 Å². The van der Waals surface area contributed by atoms with Crippen LogP contribution >= 0.6 is 0 Å². The number of para-hydroxylation sites is 2. The average Bonchev–Trinajstić information content (AvgIpc) is 3.39. The van der Waals surface area contributed by atoms with Gasteiger partial charge in [-0.05, 0) is 36.6 Å². The molecule has 1 saturated carbocycles. The number of phenolic OH excluding ortho intramolecular Hbond substituents is 1. The van der Waals surface area contributed by atoms with Gasteiger partial charge < -0.3 is 10.4 Å². The van der Waals surface area contributed by atoms with Crippen molar-refractivity contribution in [1.82, 2.24) is 4.90 Å². The number of carbonyl (C=O) groups is 1. The second-order valence-electron chi connectivity index (χ2n) is 6.13. The van der Waals surface area contributed by atoms with Gasteiger partial charge in [-0.1, -0.05) is 24.3 Å². The molecule has 0 saturated heterocycles. The van der Waals surface area contributed by atoms with E-state index in [1.54, 1.807) is 30.3 Å². The quantitative estimate of drug-likeness (QED) is 0.596. The highest BCUT2D eigenvalue weighted by Gasteiger charge is 2.30. The molecule has 0 atom stereocenters. The first-order chi connectivity index (χ1) is 12.0. The molecule has 7 nitrogen and oxygen atoms in total. The summed E-state index contributed by atoms with van der Waals surface area (Å²) in [5, 5.41) is 23.2. The fourth-order valence-electron chi connectivity index (χ4n) is 2.76. The molecule has 0 aliphatic heterocycles. The molecule has 0 heterocycles. The van der Waals surface area contributed by atoms with Crippen LogP contribution in [0.15, 0.2) is 48.5 Å². The minimum atomic E-state index is -0.513.